The molecule has 0 aliphatic heterocycles. The molecule has 1 aromatic rings. The summed E-state index contributed by atoms with van der Waals surface area (Å²) in [6.45, 7) is 7.28. The summed E-state index contributed by atoms with van der Waals surface area (Å²) in [4.78, 5) is 9.02. The van der Waals surface area contributed by atoms with Crippen LogP contribution in [0.3, 0.4) is 0 Å². The van der Waals surface area contributed by atoms with Crippen LogP contribution in [-0.2, 0) is 6.54 Å². The van der Waals surface area contributed by atoms with Crippen LogP contribution in [0.2, 0.25) is 0 Å². The van der Waals surface area contributed by atoms with Crippen molar-refractivity contribution in [2.24, 2.45) is 16.6 Å². The van der Waals surface area contributed by atoms with E-state index in [1.165, 1.54) is 31.4 Å². The third kappa shape index (κ3) is 6.04. The van der Waals surface area contributed by atoms with E-state index in [0.717, 1.165) is 23.3 Å². The van der Waals surface area contributed by atoms with Gasteiger partial charge < -0.3 is 11.1 Å². The summed E-state index contributed by atoms with van der Waals surface area (Å²) in [6, 6.07) is 0.380. The van der Waals surface area contributed by atoms with Gasteiger partial charge in [-0.3, -0.25) is 0 Å². The number of nitrogens with zero attached hydrogens (tertiary/aromatic N) is 2. The fourth-order valence-corrected chi connectivity index (χ4v) is 3.12. The Morgan fingerprint density at radius 3 is 2.86 bits per heavy atom. The molecule has 1 fully saturated rings. The van der Waals surface area contributed by atoms with E-state index in [-0.39, 0.29) is 0 Å². The molecule has 1 aliphatic rings. The van der Waals surface area contributed by atoms with Gasteiger partial charge in [0.15, 0.2) is 5.96 Å². The lowest BCUT2D eigenvalue weighted by atomic mass is 10.0. The highest BCUT2D eigenvalue weighted by atomic mass is 32.1. The molecule has 1 unspecified atom stereocenters. The number of hydrogen-bond donors (Lipinski definition) is 2. The zero-order valence-electron chi connectivity index (χ0n) is 13.4. The second-order valence-electron chi connectivity index (χ2n) is 6.51. The quantitative estimate of drug-likeness (QED) is 0.569. The summed E-state index contributed by atoms with van der Waals surface area (Å²) in [5, 5.41) is 6.50. The van der Waals surface area contributed by atoms with Gasteiger partial charge in [0.1, 0.15) is 5.01 Å². The second-order valence-corrected chi connectivity index (χ2v) is 7.45. The molecule has 1 atom stereocenters. The Labute approximate surface area is 132 Å². The van der Waals surface area contributed by atoms with Gasteiger partial charge in [-0.05, 0) is 32.1 Å². The van der Waals surface area contributed by atoms with Gasteiger partial charge >= 0.3 is 0 Å². The fourth-order valence-electron chi connectivity index (χ4n) is 2.32. The number of thiazole rings is 1. The summed E-state index contributed by atoms with van der Waals surface area (Å²) in [5.41, 5.74) is 7.20. The minimum absolute atomic E-state index is 0.380. The topological polar surface area (TPSA) is 63.3 Å². The summed E-state index contributed by atoms with van der Waals surface area (Å²) < 4.78 is 0. The Bertz CT molecular complexity index is 463. The maximum atomic E-state index is 5.95. The average molecular weight is 308 g/mol. The van der Waals surface area contributed by atoms with Gasteiger partial charge in [-0.2, -0.15) is 0 Å². The predicted molar refractivity (Wildman–Crippen MR) is 90.7 cm³/mol. The Hall–Kier alpha value is -1.10. The number of rotatable bonds is 8. The van der Waals surface area contributed by atoms with E-state index in [2.05, 4.69) is 41.4 Å². The van der Waals surface area contributed by atoms with Crippen LogP contribution in [0.5, 0.6) is 0 Å². The molecule has 2 rings (SSSR count). The molecule has 4 nitrogen and oxygen atoms in total. The van der Waals surface area contributed by atoms with Gasteiger partial charge in [0.2, 0.25) is 0 Å². The van der Waals surface area contributed by atoms with Crippen molar-refractivity contribution in [1.29, 1.82) is 0 Å². The van der Waals surface area contributed by atoms with Gasteiger partial charge in [-0.25, -0.2) is 9.98 Å². The summed E-state index contributed by atoms with van der Waals surface area (Å²) in [7, 11) is 0. The van der Waals surface area contributed by atoms with Crippen molar-refractivity contribution in [2.45, 2.75) is 71.4 Å². The fraction of sp³-hybridized carbons (Fsp3) is 0.750. The smallest absolute Gasteiger partial charge is 0.189 e. The minimum Gasteiger partial charge on any atom is -0.370 e. The molecule has 0 aromatic carbocycles. The van der Waals surface area contributed by atoms with E-state index in [4.69, 9.17) is 5.73 Å². The first kappa shape index (κ1) is 16.3. The van der Waals surface area contributed by atoms with Crippen molar-refractivity contribution in [2.75, 3.05) is 0 Å². The lowest BCUT2D eigenvalue weighted by molar-refractivity contribution is 0.493. The molecule has 0 bridgehead atoms. The van der Waals surface area contributed by atoms with Crippen molar-refractivity contribution in [1.82, 2.24) is 10.3 Å². The molecule has 21 heavy (non-hydrogen) atoms. The van der Waals surface area contributed by atoms with Crippen LogP contribution < -0.4 is 11.1 Å². The molecule has 1 aromatic heterocycles. The minimum atomic E-state index is 0.380. The molecule has 5 heteroatoms. The van der Waals surface area contributed by atoms with Crippen molar-refractivity contribution in [3.63, 3.8) is 0 Å². The molecule has 0 spiro atoms. The standard InChI is InChI=1S/C16H28N4S/c1-11(2)5-4-6-12(3)19-16(17)18-9-15-20-14(10-21-15)13-7-8-13/h10-13H,4-9H2,1-3H3,(H3,17,18,19). The number of guanidine groups is 1. The van der Waals surface area contributed by atoms with Gasteiger partial charge in [0, 0.05) is 17.3 Å². The van der Waals surface area contributed by atoms with Gasteiger partial charge in [-0.15, -0.1) is 11.3 Å². The number of aliphatic imine (C=N–C) groups is 1. The van der Waals surface area contributed by atoms with Crippen LogP contribution in [0, 0.1) is 5.92 Å². The monoisotopic (exact) mass is 308 g/mol. The first-order chi connectivity index (χ1) is 10.0. The molecule has 1 heterocycles. The third-order valence-electron chi connectivity index (χ3n) is 3.76. The van der Waals surface area contributed by atoms with Gasteiger partial charge in [0.25, 0.3) is 0 Å². The molecular weight excluding hydrogens is 280 g/mol. The highest BCUT2D eigenvalue weighted by Gasteiger charge is 2.25. The van der Waals surface area contributed by atoms with Gasteiger partial charge in [-0.1, -0.05) is 26.7 Å². The van der Waals surface area contributed by atoms with Crippen LogP contribution in [0.25, 0.3) is 0 Å². The molecule has 118 valence electrons. The summed E-state index contributed by atoms with van der Waals surface area (Å²) in [6.07, 6.45) is 6.23. The Balaban J connectivity index is 1.69. The molecule has 3 N–H and O–H groups in total. The van der Waals surface area contributed by atoms with Crippen molar-refractivity contribution >= 4 is 17.3 Å². The zero-order valence-corrected chi connectivity index (χ0v) is 14.2. The normalized spacial score (nSPS) is 17.2. The molecule has 1 aliphatic carbocycles. The number of nitrogens with two attached hydrogens (primary N) is 1. The maximum Gasteiger partial charge on any atom is 0.189 e. The van der Waals surface area contributed by atoms with E-state index < -0.39 is 0 Å². The van der Waals surface area contributed by atoms with Crippen LogP contribution >= 0.6 is 11.3 Å². The molecular formula is C16H28N4S. The molecule has 0 radical (unpaired) electrons. The molecule has 0 amide bonds. The highest BCUT2D eigenvalue weighted by Crippen LogP contribution is 2.40. The van der Waals surface area contributed by atoms with Crippen LogP contribution in [-0.4, -0.2) is 17.0 Å². The lowest BCUT2D eigenvalue weighted by Crippen LogP contribution is -2.38. The zero-order chi connectivity index (χ0) is 15.2. The van der Waals surface area contributed by atoms with Gasteiger partial charge in [0.05, 0.1) is 12.2 Å². The average Bonchev–Trinajstić information content (AvgIpc) is 3.15. The van der Waals surface area contributed by atoms with Crippen molar-refractivity contribution in [3.05, 3.63) is 16.1 Å². The molecule has 1 saturated carbocycles. The van der Waals surface area contributed by atoms with Crippen molar-refractivity contribution < 1.29 is 0 Å². The van der Waals surface area contributed by atoms with E-state index >= 15 is 0 Å². The number of nitrogens with one attached hydrogen (secondary N) is 1. The summed E-state index contributed by atoms with van der Waals surface area (Å²) in [5.74, 6) is 2.03. The molecule has 0 saturated heterocycles. The highest BCUT2D eigenvalue weighted by molar-refractivity contribution is 7.09. The predicted octanol–water partition coefficient (Wildman–Crippen LogP) is 3.64. The van der Waals surface area contributed by atoms with E-state index in [1.54, 1.807) is 11.3 Å². The summed E-state index contributed by atoms with van der Waals surface area (Å²) >= 11 is 1.69. The van der Waals surface area contributed by atoms with Crippen molar-refractivity contribution in [3.8, 4) is 0 Å². The van der Waals surface area contributed by atoms with E-state index in [9.17, 15) is 0 Å². The number of aromatic nitrogens is 1. The van der Waals surface area contributed by atoms with Crippen LogP contribution in [0.1, 0.15) is 69.5 Å². The first-order valence-corrected chi connectivity index (χ1v) is 8.93. The second kappa shape index (κ2) is 7.78. The van der Waals surface area contributed by atoms with Crippen LogP contribution in [0.15, 0.2) is 10.4 Å². The number of hydrogen-bond acceptors (Lipinski definition) is 3. The van der Waals surface area contributed by atoms with E-state index in [1.807, 2.05) is 0 Å². The maximum absolute atomic E-state index is 5.95. The Kier molecular flexibility index (Phi) is 6.03. The third-order valence-corrected chi connectivity index (χ3v) is 4.61. The van der Waals surface area contributed by atoms with Crippen LogP contribution in [0.4, 0.5) is 0 Å². The first-order valence-electron chi connectivity index (χ1n) is 8.05. The Morgan fingerprint density at radius 2 is 2.19 bits per heavy atom. The SMILES string of the molecule is CC(C)CCCC(C)NC(N)=NCc1nc(C2CC2)cs1. The largest absolute Gasteiger partial charge is 0.370 e. The Morgan fingerprint density at radius 1 is 1.43 bits per heavy atom. The lowest BCUT2D eigenvalue weighted by Gasteiger charge is -2.14. The van der Waals surface area contributed by atoms with E-state index in [0.29, 0.717) is 18.5 Å².